The quantitative estimate of drug-likeness (QED) is 0.470. The van der Waals surface area contributed by atoms with E-state index in [1.54, 1.807) is 6.26 Å². The van der Waals surface area contributed by atoms with Gasteiger partial charge in [0.05, 0.1) is 0 Å². The number of halogens is 3. The molecule has 6 nitrogen and oxygen atoms in total. The molecule has 0 radical (unpaired) electrons. The Morgan fingerprint density at radius 1 is 1.32 bits per heavy atom. The minimum absolute atomic E-state index is 0.0858. The van der Waals surface area contributed by atoms with E-state index in [0.29, 0.717) is 5.69 Å². The van der Waals surface area contributed by atoms with Gasteiger partial charge in [0.2, 0.25) is 8.95 Å². The Labute approximate surface area is 147 Å². The highest BCUT2D eigenvalue weighted by molar-refractivity contribution is 7.98. The lowest BCUT2D eigenvalue weighted by Crippen LogP contribution is -2.45. The molecule has 1 saturated carbocycles. The summed E-state index contributed by atoms with van der Waals surface area (Å²) in [4.78, 5) is 12.7. The fourth-order valence-electron chi connectivity index (χ4n) is 2.46. The third-order valence-corrected chi connectivity index (χ3v) is 4.84. The summed E-state index contributed by atoms with van der Waals surface area (Å²) >= 11 is 18.1. The highest BCUT2D eigenvalue weighted by Gasteiger charge is 2.32. The molecule has 1 fully saturated rings. The molecule has 124 valence electrons. The van der Waals surface area contributed by atoms with E-state index in [1.807, 2.05) is 0 Å². The van der Waals surface area contributed by atoms with Crippen LogP contribution in [0.5, 0.6) is 0 Å². The van der Waals surface area contributed by atoms with Crippen LogP contribution in [0.15, 0.2) is 9.95 Å². The van der Waals surface area contributed by atoms with E-state index in [-0.39, 0.29) is 16.6 Å². The van der Waals surface area contributed by atoms with Crippen LogP contribution >= 0.6 is 46.6 Å². The molecule has 2 N–H and O–H groups in total. The molecular weight excluding hydrogens is 371 g/mol. The molecule has 0 bridgehead atoms. The second-order valence-corrected chi connectivity index (χ2v) is 8.26. The van der Waals surface area contributed by atoms with Gasteiger partial charge in [-0.2, -0.15) is 4.68 Å². The maximum absolute atomic E-state index is 12.7. The first-order valence-electron chi connectivity index (χ1n) is 6.89. The van der Waals surface area contributed by atoms with Gasteiger partial charge in [-0.3, -0.25) is 10.2 Å². The van der Waals surface area contributed by atoms with Crippen LogP contribution in [0.3, 0.4) is 0 Å². The van der Waals surface area contributed by atoms with Crippen LogP contribution in [-0.2, 0) is 0 Å². The molecule has 1 aliphatic rings. The van der Waals surface area contributed by atoms with E-state index < -0.39 is 10.0 Å². The third-order valence-electron chi connectivity index (χ3n) is 3.59. The standard InChI is InChI=1S/C12H17Cl3N4O2S/c1-22-11-17-16-8(7-5-3-2-4-6-7)9(20)19(11)18-10(21)12(13,14)15/h7,10,18,21H,2-6H2,1H3. The van der Waals surface area contributed by atoms with Crippen molar-refractivity contribution in [3.63, 3.8) is 0 Å². The van der Waals surface area contributed by atoms with Gasteiger partial charge in [0.15, 0.2) is 6.23 Å². The van der Waals surface area contributed by atoms with Crippen molar-refractivity contribution in [1.29, 1.82) is 0 Å². The second kappa shape index (κ2) is 7.57. The van der Waals surface area contributed by atoms with Crippen LogP contribution in [0.2, 0.25) is 0 Å². The van der Waals surface area contributed by atoms with Crippen molar-refractivity contribution in [3.8, 4) is 0 Å². The predicted octanol–water partition coefficient (Wildman–Crippen LogP) is 2.64. The molecule has 0 spiro atoms. The first-order valence-corrected chi connectivity index (χ1v) is 9.25. The lowest BCUT2D eigenvalue weighted by atomic mass is 9.87. The van der Waals surface area contributed by atoms with E-state index in [0.717, 1.165) is 30.4 Å². The number of hydrogen-bond donors (Lipinski definition) is 2. The number of thioether (sulfide) groups is 1. The number of aromatic nitrogens is 3. The summed E-state index contributed by atoms with van der Waals surface area (Å²) in [5.41, 5.74) is 2.52. The summed E-state index contributed by atoms with van der Waals surface area (Å²) in [5.74, 6) is 0.0858. The second-order valence-electron chi connectivity index (χ2n) is 5.12. The zero-order chi connectivity index (χ0) is 16.3. The lowest BCUT2D eigenvalue weighted by Gasteiger charge is -2.25. The van der Waals surface area contributed by atoms with Crippen molar-refractivity contribution in [2.75, 3.05) is 11.7 Å². The van der Waals surface area contributed by atoms with Crippen molar-refractivity contribution in [1.82, 2.24) is 14.9 Å². The molecule has 1 unspecified atom stereocenters. The van der Waals surface area contributed by atoms with Gasteiger partial charge in [-0.05, 0) is 19.1 Å². The molecule has 1 aliphatic carbocycles. The van der Waals surface area contributed by atoms with Crippen LogP contribution in [0, 0.1) is 0 Å². The van der Waals surface area contributed by atoms with Gasteiger partial charge >= 0.3 is 0 Å². The Hall–Kier alpha value is -0.210. The summed E-state index contributed by atoms with van der Waals surface area (Å²) in [7, 11) is 0. The van der Waals surface area contributed by atoms with Gasteiger partial charge in [0, 0.05) is 5.92 Å². The number of aliphatic hydroxyl groups is 1. The topological polar surface area (TPSA) is 80.0 Å². The van der Waals surface area contributed by atoms with E-state index in [4.69, 9.17) is 34.8 Å². The van der Waals surface area contributed by atoms with Crippen LogP contribution in [0.4, 0.5) is 0 Å². The van der Waals surface area contributed by atoms with Crippen molar-refractivity contribution in [2.45, 2.75) is 53.2 Å². The molecule has 2 rings (SSSR count). The number of alkyl halides is 3. The van der Waals surface area contributed by atoms with Crippen LogP contribution in [-0.4, -0.2) is 36.3 Å². The molecule has 1 aromatic rings. The number of nitrogens with one attached hydrogen (secondary N) is 1. The third kappa shape index (κ3) is 4.20. The zero-order valence-corrected chi connectivity index (χ0v) is 15.0. The molecule has 1 atom stereocenters. The van der Waals surface area contributed by atoms with Crippen molar-refractivity contribution in [3.05, 3.63) is 16.0 Å². The Kier molecular flexibility index (Phi) is 6.24. The summed E-state index contributed by atoms with van der Waals surface area (Å²) in [6.07, 6.45) is 5.32. The smallest absolute Gasteiger partial charge is 0.295 e. The monoisotopic (exact) mass is 386 g/mol. The molecule has 0 saturated heterocycles. The largest absolute Gasteiger partial charge is 0.369 e. The molecule has 1 heterocycles. The van der Waals surface area contributed by atoms with Crippen LogP contribution < -0.4 is 11.0 Å². The average Bonchev–Trinajstić information content (AvgIpc) is 2.49. The van der Waals surface area contributed by atoms with Crippen molar-refractivity contribution >= 4 is 46.6 Å². The number of hydrogen-bond acceptors (Lipinski definition) is 6. The number of aliphatic hydroxyl groups excluding tert-OH is 1. The minimum Gasteiger partial charge on any atom is -0.369 e. The van der Waals surface area contributed by atoms with Crippen molar-refractivity contribution in [2.24, 2.45) is 0 Å². The van der Waals surface area contributed by atoms with E-state index in [2.05, 4.69) is 15.6 Å². The fourth-order valence-corrected chi connectivity index (χ4v) is 3.05. The van der Waals surface area contributed by atoms with Crippen LogP contribution in [0.25, 0.3) is 0 Å². The molecule has 1 aromatic heterocycles. The first kappa shape index (κ1) is 18.1. The summed E-state index contributed by atoms with van der Waals surface area (Å²) in [6, 6.07) is 0. The lowest BCUT2D eigenvalue weighted by molar-refractivity contribution is 0.187. The Morgan fingerprint density at radius 3 is 2.50 bits per heavy atom. The van der Waals surface area contributed by atoms with Gasteiger partial charge in [-0.1, -0.05) is 65.8 Å². The first-order chi connectivity index (χ1) is 10.3. The molecule has 0 aromatic carbocycles. The molecule has 0 amide bonds. The Morgan fingerprint density at radius 2 is 1.95 bits per heavy atom. The molecule has 10 heteroatoms. The molecule has 0 aliphatic heterocycles. The van der Waals surface area contributed by atoms with E-state index >= 15 is 0 Å². The van der Waals surface area contributed by atoms with Gasteiger partial charge < -0.3 is 5.11 Å². The normalized spacial score (nSPS) is 18.2. The van der Waals surface area contributed by atoms with Gasteiger partial charge in [0.25, 0.3) is 5.56 Å². The van der Waals surface area contributed by atoms with Gasteiger partial charge in [-0.15, -0.1) is 10.2 Å². The predicted molar refractivity (Wildman–Crippen MR) is 89.6 cm³/mol. The summed E-state index contributed by atoms with van der Waals surface area (Å²) < 4.78 is -0.864. The Bertz CT molecular complexity index is 572. The molecular formula is C12H17Cl3N4O2S. The maximum atomic E-state index is 12.7. The molecule has 22 heavy (non-hydrogen) atoms. The zero-order valence-electron chi connectivity index (χ0n) is 11.9. The minimum atomic E-state index is -1.97. The van der Waals surface area contributed by atoms with E-state index in [1.165, 1.54) is 18.2 Å². The van der Waals surface area contributed by atoms with E-state index in [9.17, 15) is 9.90 Å². The van der Waals surface area contributed by atoms with Gasteiger partial charge in [-0.25, -0.2) is 0 Å². The Balaban J connectivity index is 2.36. The summed E-state index contributed by atoms with van der Waals surface area (Å²) in [6.45, 7) is 0. The highest BCUT2D eigenvalue weighted by Crippen LogP contribution is 2.31. The van der Waals surface area contributed by atoms with Gasteiger partial charge in [0.1, 0.15) is 5.69 Å². The van der Waals surface area contributed by atoms with Crippen molar-refractivity contribution < 1.29 is 5.11 Å². The number of rotatable bonds is 4. The number of nitrogens with zero attached hydrogens (tertiary/aromatic N) is 3. The maximum Gasteiger partial charge on any atom is 0.295 e. The summed E-state index contributed by atoms with van der Waals surface area (Å²) in [5, 5.41) is 18.3. The SMILES string of the molecule is CSc1nnc(C2CCCCC2)c(=O)n1NC(O)C(Cl)(Cl)Cl. The average molecular weight is 388 g/mol. The highest BCUT2D eigenvalue weighted by atomic mass is 35.6. The fraction of sp³-hybridized carbons (Fsp3) is 0.750. The van der Waals surface area contributed by atoms with Crippen LogP contribution in [0.1, 0.15) is 43.7 Å².